The quantitative estimate of drug-likeness (QED) is 0.434. The number of unbranched alkanes of at least 4 members (excludes halogenated alkanes) is 3. The van der Waals surface area contributed by atoms with E-state index in [0.29, 0.717) is 23.6 Å². The second-order valence-corrected chi connectivity index (χ2v) is 9.04. The van der Waals surface area contributed by atoms with Gasteiger partial charge in [-0.05, 0) is 54.5 Å². The minimum absolute atomic E-state index is 0.336. The first-order valence-electron chi connectivity index (χ1n) is 11.7. The predicted molar refractivity (Wildman–Crippen MR) is 127 cm³/mol. The summed E-state index contributed by atoms with van der Waals surface area (Å²) in [6, 6.07) is 12.9. The molecule has 5 heteroatoms. The van der Waals surface area contributed by atoms with Crippen molar-refractivity contribution in [1.29, 1.82) is 0 Å². The fourth-order valence-electron chi connectivity index (χ4n) is 5.23. The average molecular weight is 433 g/mol. The molecule has 1 atom stereocenters. The molecule has 0 aliphatic heterocycles. The van der Waals surface area contributed by atoms with Crippen LogP contribution in [0.3, 0.4) is 0 Å². The summed E-state index contributed by atoms with van der Waals surface area (Å²) in [6.07, 6.45) is 9.42. The van der Waals surface area contributed by atoms with Crippen LogP contribution >= 0.6 is 0 Å². The number of aromatic carboxylic acids is 1. The zero-order valence-electron chi connectivity index (χ0n) is 18.8. The second-order valence-electron chi connectivity index (χ2n) is 9.04. The SMILES string of the molecule is CCCCCCC1CCc2c(n(Cc3cccc(C(N)=O)c3)c3c(C(=O)O)cccc23)C1. The van der Waals surface area contributed by atoms with Gasteiger partial charge < -0.3 is 15.4 Å². The van der Waals surface area contributed by atoms with Gasteiger partial charge in [0.05, 0.1) is 11.1 Å². The molecule has 0 fully saturated rings. The topological polar surface area (TPSA) is 85.3 Å². The first kappa shape index (κ1) is 22.1. The molecule has 4 rings (SSSR count). The third-order valence-electron chi connectivity index (χ3n) is 6.84. The molecule has 1 aromatic heterocycles. The van der Waals surface area contributed by atoms with E-state index >= 15 is 0 Å². The van der Waals surface area contributed by atoms with Gasteiger partial charge in [-0.25, -0.2) is 4.79 Å². The first-order valence-corrected chi connectivity index (χ1v) is 11.7. The molecule has 3 aromatic rings. The zero-order chi connectivity index (χ0) is 22.7. The lowest BCUT2D eigenvalue weighted by atomic mass is 9.83. The summed E-state index contributed by atoms with van der Waals surface area (Å²) in [4.78, 5) is 23.7. The fraction of sp³-hybridized carbons (Fsp3) is 0.407. The lowest BCUT2D eigenvalue weighted by Crippen LogP contribution is -2.18. The highest BCUT2D eigenvalue weighted by Crippen LogP contribution is 2.38. The van der Waals surface area contributed by atoms with Gasteiger partial charge in [0.15, 0.2) is 0 Å². The molecule has 0 radical (unpaired) electrons. The Morgan fingerprint density at radius 1 is 1.12 bits per heavy atom. The zero-order valence-corrected chi connectivity index (χ0v) is 18.8. The Morgan fingerprint density at radius 2 is 1.94 bits per heavy atom. The Labute approximate surface area is 189 Å². The molecule has 168 valence electrons. The van der Waals surface area contributed by atoms with Crippen LogP contribution in [-0.2, 0) is 19.4 Å². The average Bonchev–Trinajstić information content (AvgIpc) is 3.10. The highest BCUT2D eigenvalue weighted by Gasteiger charge is 2.27. The van der Waals surface area contributed by atoms with E-state index in [1.165, 1.54) is 43.4 Å². The van der Waals surface area contributed by atoms with Crippen LogP contribution in [0.1, 0.15) is 83.0 Å². The lowest BCUT2D eigenvalue weighted by molar-refractivity contribution is 0.0698. The highest BCUT2D eigenvalue weighted by molar-refractivity contribution is 6.04. The summed E-state index contributed by atoms with van der Waals surface area (Å²) >= 11 is 0. The molecule has 0 spiro atoms. The van der Waals surface area contributed by atoms with Crippen molar-refractivity contribution in [3.8, 4) is 0 Å². The van der Waals surface area contributed by atoms with Gasteiger partial charge in [0.1, 0.15) is 0 Å². The first-order chi connectivity index (χ1) is 15.5. The van der Waals surface area contributed by atoms with Crippen LogP contribution in [-0.4, -0.2) is 21.6 Å². The number of carboxylic acid groups (broad SMARTS) is 1. The molecule has 0 saturated carbocycles. The Bertz CT molecular complexity index is 1150. The number of rotatable bonds is 9. The molecule has 1 amide bonds. The van der Waals surface area contributed by atoms with Gasteiger partial charge in [0, 0.05) is 23.2 Å². The predicted octanol–water partition coefficient (Wildman–Crippen LogP) is 5.56. The molecule has 1 aliphatic carbocycles. The van der Waals surface area contributed by atoms with Crippen molar-refractivity contribution in [2.75, 3.05) is 0 Å². The van der Waals surface area contributed by atoms with Gasteiger partial charge >= 0.3 is 5.97 Å². The van der Waals surface area contributed by atoms with Crippen LogP contribution in [0.25, 0.3) is 10.9 Å². The Morgan fingerprint density at radius 3 is 2.69 bits per heavy atom. The van der Waals surface area contributed by atoms with E-state index in [0.717, 1.165) is 35.7 Å². The molecule has 32 heavy (non-hydrogen) atoms. The van der Waals surface area contributed by atoms with Crippen LogP contribution in [0.5, 0.6) is 0 Å². The summed E-state index contributed by atoms with van der Waals surface area (Å²) < 4.78 is 2.19. The molecule has 1 unspecified atom stereocenters. The number of nitrogens with zero attached hydrogens (tertiary/aromatic N) is 1. The number of aromatic nitrogens is 1. The van der Waals surface area contributed by atoms with Crippen LogP contribution in [0.2, 0.25) is 0 Å². The van der Waals surface area contributed by atoms with Gasteiger partial charge in [-0.2, -0.15) is 0 Å². The maximum atomic E-state index is 12.1. The number of amides is 1. The van der Waals surface area contributed by atoms with Crippen molar-refractivity contribution in [3.05, 3.63) is 70.4 Å². The van der Waals surface area contributed by atoms with Crippen molar-refractivity contribution >= 4 is 22.8 Å². The Kier molecular flexibility index (Phi) is 6.63. The molecule has 5 nitrogen and oxygen atoms in total. The van der Waals surface area contributed by atoms with E-state index in [1.54, 1.807) is 12.1 Å². The molecule has 2 aromatic carbocycles. The Hall–Kier alpha value is -3.08. The summed E-state index contributed by atoms with van der Waals surface area (Å²) in [5.74, 6) is -0.731. The largest absolute Gasteiger partial charge is 0.478 e. The van der Waals surface area contributed by atoms with Crippen molar-refractivity contribution < 1.29 is 14.7 Å². The van der Waals surface area contributed by atoms with E-state index in [1.807, 2.05) is 24.3 Å². The van der Waals surface area contributed by atoms with Crippen LogP contribution in [0, 0.1) is 5.92 Å². The van der Waals surface area contributed by atoms with Crippen LogP contribution in [0.15, 0.2) is 42.5 Å². The van der Waals surface area contributed by atoms with E-state index in [9.17, 15) is 14.7 Å². The second kappa shape index (κ2) is 9.60. The van der Waals surface area contributed by atoms with Gasteiger partial charge in [0.2, 0.25) is 5.91 Å². The number of nitrogens with two attached hydrogens (primary N) is 1. The summed E-state index contributed by atoms with van der Waals surface area (Å²) in [5, 5.41) is 10.9. The Balaban J connectivity index is 1.75. The van der Waals surface area contributed by atoms with Crippen molar-refractivity contribution in [3.63, 3.8) is 0 Å². The number of para-hydroxylation sites is 1. The lowest BCUT2D eigenvalue weighted by Gasteiger charge is -2.25. The number of hydrogen-bond acceptors (Lipinski definition) is 2. The maximum Gasteiger partial charge on any atom is 0.337 e. The highest BCUT2D eigenvalue weighted by atomic mass is 16.4. The molecule has 1 aliphatic rings. The molecule has 3 N–H and O–H groups in total. The van der Waals surface area contributed by atoms with Crippen molar-refractivity contribution in [1.82, 2.24) is 4.57 Å². The van der Waals surface area contributed by atoms with E-state index in [2.05, 4.69) is 17.6 Å². The van der Waals surface area contributed by atoms with Crippen LogP contribution < -0.4 is 5.73 Å². The molecular formula is C27H32N2O3. The normalized spacial score (nSPS) is 15.6. The summed E-state index contributed by atoms with van der Waals surface area (Å²) in [7, 11) is 0. The third-order valence-corrected chi connectivity index (χ3v) is 6.84. The van der Waals surface area contributed by atoms with E-state index < -0.39 is 11.9 Å². The molecule has 0 bridgehead atoms. The van der Waals surface area contributed by atoms with Crippen molar-refractivity contribution in [2.24, 2.45) is 11.7 Å². The van der Waals surface area contributed by atoms with Gasteiger partial charge in [-0.3, -0.25) is 4.79 Å². The summed E-state index contributed by atoms with van der Waals surface area (Å²) in [5.41, 5.74) is 10.6. The minimum atomic E-state index is -0.909. The van der Waals surface area contributed by atoms with Gasteiger partial charge in [-0.15, -0.1) is 0 Å². The number of hydrogen-bond donors (Lipinski definition) is 2. The fourth-order valence-corrected chi connectivity index (χ4v) is 5.23. The molecular weight excluding hydrogens is 400 g/mol. The number of fused-ring (bicyclic) bond motifs is 3. The van der Waals surface area contributed by atoms with Crippen LogP contribution in [0.4, 0.5) is 0 Å². The number of carbonyl (C=O) groups excluding carboxylic acids is 1. The van der Waals surface area contributed by atoms with E-state index in [4.69, 9.17) is 5.73 Å². The molecule has 1 heterocycles. The number of benzene rings is 2. The van der Waals surface area contributed by atoms with Gasteiger partial charge in [-0.1, -0.05) is 63.3 Å². The number of aryl methyl sites for hydroxylation is 1. The summed E-state index contributed by atoms with van der Waals surface area (Å²) in [6.45, 7) is 2.76. The van der Waals surface area contributed by atoms with Crippen molar-refractivity contribution in [2.45, 2.75) is 64.8 Å². The van der Waals surface area contributed by atoms with Gasteiger partial charge in [0.25, 0.3) is 0 Å². The monoisotopic (exact) mass is 432 g/mol. The molecule has 0 saturated heterocycles. The smallest absolute Gasteiger partial charge is 0.337 e. The number of primary amides is 1. The maximum absolute atomic E-state index is 12.1. The number of carboxylic acids is 1. The van der Waals surface area contributed by atoms with E-state index in [-0.39, 0.29) is 0 Å². The standard InChI is InChI=1S/C27H32N2O3/c1-2-3-4-5-8-18-13-14-21-22-11-7-12-23(27(31)32)25(22)29(24(21)16-18)17-19-9-6-10-20(15-19)26(28)30/h6-7,9-12,15,18H,2-5,8,13-14,16-17H2,1H3,(H2,28,30)(H,31,32). The number of carbonyl (C=O) groups is 2. The minimum Gasteiger partial charge on any atom is -0.478 e. The third kappa shape index (κ3) is 4.43.